The number of aryl methyl sites for hydroxylation is 1. The van der Waals surface area contributed by atoms with E-state index in [1.165, 1.54) is 17.7 Å². The van der Waals surface area contributed by atoms with Crippen molar-refractivity contribution < 1.29 is 14.0 Å². The number of aromatic amines is 1. The van der Waals surface area contributed by atoms with Crippen LogP contribution < -0.4 is 5.32 Å². The highest BCUT2D eigenvalue weighted by Gasteiger charge is 2.48. The number of likely N-dealkylation sites (N-methyl/N-ethyl adjacent to an activating group) is 1. The van der Waals surface area contributed by atoms with E-state index in [2.05, 4.69) is 45.7 Å². The summed E-state index contributed by atoms with van der Waals surface area (Å²) in [6.07, 6.45) is 3.68. The van der Waals surface area contributed by atoms with Crippen molar-refractivity contribution in [1.82, 2.24) is 25.3 Å². The molecule has 0 bridgehead atoms. The summed E-state index contributed by atoms with van der Waals surface area (Å²) in [5.74, 6) is -0.947. The first-order valence-electron chi connectivity index (χ1n) is 13.1. The molecule has 0 radical (unpaired) electrons. The van der Waals surface area contributed by atoms with Crippen molar-refractivity contribution in [3.8, 4) is 0 Å². The van der Waals surface area contributed by atoms with Crippen LogP contribution in [0.4, 0.5) is 4.39 Å². The molecule has 0 saturated carbocycles. The Morgan fingerprint density at radius 2 is 1.92 bits per heavy atom. The Kier molecular flexibility index (Phi) is 6.79. The highest BCUT2D eigenvalue weighted by molar-refractivity contribution is 5.98. The molecule has 2 aliphatic rings. The number of H-pyrrole nitrogens is 1. The predicted octanol–water partition coefficient (Wildman–Crippen LogP) is 4.10. The second-order valence-electron chi connectivity index (χ2n) is 11.3. The van der Waals surface area contributed by atoms with Crippen LogP contribution in [0.1, 0.15) is 54.1 Å². The number of aromatic nitrogens is 2. The van der Waals surface area contributed by atoms with Crippen LogP contribution in [0.2, 0.25) is 0 Å². The number of likely N-dealkylation sites (tertiary alicyclic amines) is 2. The minimum Gasteiger partial charge on any atom is -0.341 e. The van der Waals surface area contributed by atoms with Gasteiger partial charge in [0.1, 0.15) is 11.9 Å². The van der Waals surface area contributed by atoms with E-state index in [1.54, 1.807) is 6.07 Å². The molecule has 3 heterocycles. The van der Waals surface area contributed by atoms with Gasteiger partial charge >= 0.3 is 0 Å². The van der Waals surface area contributed by atoms with Crippen molar-refractivity contribution in [3.05, 3.63) is 65.1 Å². The number of rotatable bonds is 5. The molecule has 2 aliphatic heterocycles. The summed E-state index contributed by atoms with van der Waals surface area (Å²) in [6, 6.07) is 10.3. The maximum Gasteiger partial charge on any atom is 0.254 e. The number of benzene rings is 2. The topological polar surface area (TPSA) is 81.3 Å². The minimum absolute atomic E-state index is 0.0255. The molecule has 0 aliphatic carbocycles. The first-order chi connectivity index (χ1) is 17.7. The predicted molar refractivity (Wildman–Crippen MR) is 142 cm³/mol. The van der Waals surface area contributed by atoms with Crippen LogP contribution in [-0.4, -0.2) is 71.1 Å². The molecule has 2 fully saturated rings. The Balaban J connectivity index is 1.30. The van der Waals surface area contributed by atoms with Crippen molar-refractivity contribution in [2.75, 3.05) is 33.2 Å². The summed E-state index contributed by atoms with van der Waals surface area (Å²) in [5.41, 5.74) is 3.23. The molecule has 5 rings (SSSR count). The fourth-order valence-corrected chi connectivity index (χ4v) is 6.28. The molecular formula is C29H36FN5O2. The summed E-state index contributed by atoms with van der Waals surface area (Å²) in [4.78, 5) is 30.8. The number of nitrogens with zero attached hydrogens (tertiary/aromatic N) is 3. The van der Waals surface area contributed by atoms with Crippen molar-refractivity contribution in [2.24, 2.45) is 11.3 Å². The van der Waals surface area contributed by atoms with Gasteiger partial charge in [-0.2, -0.15) is 5.10 Å². The summed E-state index contributed by atoms with van der Waals surface area (Å²) in [7, 11) is 2.17. The molecule has 2 amide bonds. The number of piperidine rings is 1. The maximum absolute atomic E-state index is 14.3. The lowest BCUT2D eigenvalue weighted by Gasteiger charge is -2.44. The lowest BCUT2D eigenvalue weighted by Crippen LogP contribution is -2.54. The van der Waals surface area contributed by atoms with Gasteiger partial charge < -0.3 is 15.1 Å². The monoisotopic (exact) mass is 505 g/mol. The second kappa shape index (κ2) is 9.89. The van der Waals surface area contributed by atoms with Crippen molar-refractivity contribution in [2.45, 2.75) is 45.6 Å². The third kappa shape index (κ3) is 4.87. The summed E-state index contributed by atoms with van der Waals surface area (Å²) < 4.78 is 14.3. The molecule has 7 nitrogen and oxygen atoms in total. The van der Waals surface area contributed by atoms with E-state index in [-0.39, 0.29) is 22.8 Å². The van der Waals surface area contributed by atoms with E-state index >= 15 is 0 Å². The van der Waals surface area contributed by atoms with Gasteiger partial charge in [-0.1, -0.05) is 31.5 Å². The van der Waals surface area contributed by atoms with Crippen LogP contribution >= 0.6 is 0 Å². The number of fused-ring (bicyclic) bond motifs is 1. The Bertz CT molecular complexity index is 1310. The zero-order valence-corrected chi connectivity index (χ0v) is 22.1. The largest absolute Gasteiger partial charge is 0.341 e. The van der Waals surface area contributed by atoms with Crippen LogP contribution in [0.3, 0.4) is 0 Å². The maximum atomic E-state index is 14.3. The molecule has 2 atom stereocenters. The Morgan fingerprint density at radius 3 is 2.65 bits per heavy atom. The highest BCUT2D eigenvalue weighted by atomic mass is 19.1. The van der Waals surface area contributed by atoms with Gasteiger partial charge in [-0.25, -0.2) is 4.39 Å². The molecule has 8 heteroatoms. The normalized spacial score (nSPS) is 20.6. The summed E-state index contributed by atoms with van der Waals surface area (Å²) in [5, 5.41) is 11.1. The van der Waals surface area contributed by atoms with Gasteiger partial charge in [0.15, 0.2) is 0 Å². The number of halogens is 1. The van der Waals surface area contributed by atoms with E-state index in [1.807, 2.05) is 31.9 Å². The number of carbonyl (C=O) groups is 2. The SMILES string of the molecule is Cc1ccc(F)c(C(=O)N[C@@H](C(=O)N2CCC3(CC2)CN(C)CC3c2ccc3[nH]ncc3c2)C(C)C)c1. The fourth-order valence-electron chi connectivity index (χ4n) is 6.28. The van der Waals surface area contributed by atoms with E-state index in [0.29, 0.717) is 19.0 Å². The van der Waals surface area contributed by atoms with Gasteiger partial charge in [0, 0.05) is 37.5 Å². The van der Waals surface area contributed by atoms with E-state index in [4.69, 9.17) is 0 Å². The standard InChI is InChI=1S/C29H36FN5O2/c1-18(2)26(32-27(36)22-13-19(3)5-7-24(22)30)28(37)35-11-9-29(10-12-35)17-34(4)16-23(29)20-6-8-25-21(14-20)15-31-33-25/h5-8,13-15,18,23,26H,9-12,16-17H2,1-4H3,(H,31,33)(H,32,36)/t23?,26-/m1/s1. The van der Waals surface area contributed by atoms with E-state index in [0.717, 1.165) is 42.4 Å². The van der Waals surface area contributed by atoms with Crippen molar-refractivity contribution in [3.63, 3.8) is 0 Å². The van der Waals surface area contributed by atoms with Gasteiger partial charge in [-0.15, -0.1) is 0 Å². The quantitative estimate of drug-likeness (QED) is 0.547. The lowest BCUT2D eigenvalue weighted by atomic mass is 9.68. The van der Waals surface area contributed by atoms with Crippen molar-refractivity contribution in [1.29, 1.82) is 0 Å². The first-order valence-corrected chi connectivity index (χ1v) is 13.1. The highest BCUT2D eigenvalue weighted by Crippen LogP contribution is 2.49. The van der Waals surface area contributed by atoms with Crippen LogP contribution in [0, 0.1) is 24.1 Å². The average molecular weight is 506 g/mol. The molecule has 37 heavy (non-hydrogen) atoms. The Labute approximate surface area is 217 Å². The second-order valence-corrected chi connectivity index (χ2v) is 11.3. The molecule has 196 valence electrons. The van der Waals surface area contributed by atoms with E-state index in [9.17, 15) is 14.0 Å². The third-order valence-electron chi connectivity index (χ3n) is 8.34. The molecule has 1 aromatic heterocycles. The lowest BCUT2D eigenvalue weighted by molar-refractivity contribution is -0.136. The van der Waals surface area contributed by atoms with Gasteiger partial charge in [0.25, 0.3) is 5.91 Å². The molecule has 2 saturated heterocycles. The number of carbonyl (C=O) groups excluding carboxylic acids is 2. The van der Waals surface area contributed by atoms with Crippen molar-refractivity contribution >= 4 is 22.7 Å². The fraction of sp³-hybridized carbons (Fsp3) is 0.483. The number of hydrogen-bond acceptors (Lipinski definition) is 4. The summed E-state index contributed by atoms with van der Waals surface area (Å²) in [6.45, 7) is 8.92. The van der Waals surface area contributed by atoms with Crippen LogP contribution in [0.25, 0.3) is 10.9 Å². The Hall–Kier alpha value is -3.26. The van der Waals surface area contributed by atoms with Gasteiger partial charge in [-0.3, -0.25) is 14.7 Å². The van der Waals surface area contributed by atoms with Crippen LogP contribution in [0.5, 0.6) is 0 Å². The minimum atomic E-state index is -0.702. The van der Waals surface area contributed by atoms with Crippen LogP contribution in [0.15, 0.2) is 42.6 Å². The first kappa shape index (κ1) is 25.4. The zero-order valence-electron chi connectivity index (χ0n) is 22.1. The average Bonchev–Trinajstić information content (AvgIpc) is 3.47. The Morgan fingerprint density at radius 1 is 1.16 bits per heavy atom. The number of hydrogen-bond donors (Lipinski definition) is 2. The van der Waals surface area contributed by atoms with Gasteiger partial charge in [-0.05, 0) is 68.0 Å². The molecule has 1 spiro atoms. The molecule has 2 N–H and O–H groups in total. The molecule has 3 aromatic rings. The van der Waals surface area contributed by atoms with Crippen LogP contribution in [-0.2, 0) is 4.79 Å². The zero-order chi connectivity index (χ0) is 26.3. The number of amides is 2. The smallest absolute Gasteiger partial charge is 0.254 e. The molecular weight excluding hydrogens is 469 g/mol. The number of nitrogens with one attached hydrogen (secondary N) is 2. The van der Waals surface area contributed by atoms with Gasteiger partial charge in [0.2, 0.25) is 5.91 Å². The van der Waals surface area contributed by atoms with E-state index < -0.39 is 17.8 Å². The third-order valence-corrected chi connectivity index (χ3v) is 8.34. The molecule has 2 aromatic carbocycles. The molecule has 1 unspecified atom stereocenters. The van der Waals surface area contributed by atoms with Gasteiger partial charge in [0.05, 0.1) is 17.3 Å². The summed E-state index contributed by atoms with van der Waals surface area (Å²) >= 11 is 0.